The zero-order valence-corrected chi connectivity index (χ0v) is 34.3. The average molecular weight is 822 g/mol. The number of benzene rings is 4. The van der Waals surface area contributed by atoms with E-state index in [2.05, 4.69) is 5.32 Å². The number of carbonyl (C=O) groups is 4. The minimum Gasteiger partial charge on any atom is -0.508 e. The minimum atomic E-state index is -1.24. The van der Waals surface area contributed by atoms with Gasteiger partial charge < -0.3 is 10.4 Å². The molecule has 4 aromatic carbocycles. The van der Waals surface area contributed by atoms with Crippen LogP contribution in [0.1, 0.15) is 42.4 Å². The van der Waals surface area contributed by atoms with Crippen molar-refractivity contribution in [3.8, 4) is 16.3 Å². The minimum absolute atomic E-state index is 0.120. The van der Waals surface area contributed by atoms with E-state index in [1.54, 1.807) is 54.3 Å². The van der Waals surface area contributed by atoms with Crippen LogP contribution in [0.3, 0.4) is 0 Å². The topological polar surface area (TPSA) is 125 Å². The van der Waals surface area contributed by atoms with E-state index in [4.69, 9.17) is 16.7 Å². The second kappa shape index (κ2) is 13.5. The van der Waals surface area contributed by atoms with Crippen LogP contribution in [0.5, 0.6) is 5.75 Å². The molecular weight excluding hydrogens is 782 g/mol. The van der Waals surface area contributed by atoms with Gasteiger partial charge in [-0.05, 0) is 122 Å². The number of fused-ring (bicyclic) bond motifs is 5. The molecule has 3 fully saturated rings. The van der Waals surface area contributed by atoms with Gasteiger partial charge in [0.1, 0.15) is 17.3 Å². The van der Waals surface area contributed by atoms with Gasteiger partial charge in [0.2, 0.25) is 23.6 Å². The van der Waals surface area contributed by atoms with Crippen molar-refractivity contribution in [2.45, 2.75) is 39.5 Å². The Labute approximate surface area is 349 Å². The molecule has 0 spiro atoms. The van der Waals surface area contributed by atoms with Crippen LogP contribution in [-0.4, -0.2) is 38.5 Å². The fraction of sp³-hybridized carbons (Fsp3) is 0.255. The van der Waals surface area contributed by atoms with Gasteiger partial charge in [0, 0.05) is 40.1 Å². The number of carbonyl (C=O) groups excluding carboxylic acids is 4. The van der Waals surface area contributed by atoms with Crippen molar-refractivity contribution in [3.05, 3.63) is 130 Å². The number of phenolic OH excluding ortho intramolecular Hbond substituents is 1. The number of phenols is 1. The third-order valence-electron chi connectivity index (χ3n) is 13.2. The summed E-state index contributed by atoms with van der Waals surface area (Å²) in [5.74, 6) is -3.98. The molecule has 6 aromatic rings. The van der Waals surface area contributed by atoms with Crippen LogP contribution in [0.15, 0.2) is 109 Å². The van der Waals surface area contributed by atoms with E-state index in [1.165, 1.54) is 9.80 Å². The number of rotatable bonds is 6. The molecule has 12 heteroatoms. The molecule has 0 unspecified atom stereocenters. The zero-order chi connectivity index (χ0) is 41.1. The van der Waals surface area contributed by atoms with Crippen LogP contribution < -0.4 is 15.1 Å². The monoisotopic (exact) mass is 821 g/mol. The number of para-hydroxylation sites is 1. The number of nitrogens with one attached hydrogen (secondary N) is 1. The second-order valence-electron chi connectivity index (χ2n) is 16.5. The quantitative estimate of drug-likeness (QED) is 0.127. The lowest BCUT2D eigenvalue weighted by molar-refractivity contribution is -0.131. The fourth-order valence-electron chi connectivity index (χ4n) is 10.3. The van der Waals surface area contributed by atoms with Gasteiger partial charge in [-0.2, -0.15) is 5.10 Å². The lowest BCUT2D eigenvalue weighted by Crippen LogP contribution is -2.49. The number of aromatic hydroxyl groups is 1. The van der Waals surface area contributed by atoms with E-state index in [0.717, 1.165) is 43.0 Å². The van der Waals surface area contributed by atoms with Gasteiger partial charge in [-0.15, -0.1) is 11.3 Å². The van der Waals surface area contributed by atoms with Crippen LogP contribution in [0.2, 0.25) is 5.02 Å². The maximum absolute atomic E-state index is 15.2. The number of hydrogen-bond donors (Lipinski definition) is 2. The van der Waals surface area contributed by atoms with Crippen molar-refractivity contribution in [2.75, 3.05) is 15.1 Å². The summed E-state index contributed by atoms with van der Waals surface area (Å²) < 4.78 is 2.64. The van der Waals surface area contributed by atoms with Crippen molar-refractivity contribution < 1.29 is 24.3 Å². The Hall–Kier alpha value is -6.04. The molecule has 0 bridgehead atoms. The highest BCUT2D eigenvalue weighted by molar-refractivity contribution is 7.22. The summed E-state index contributed by atoms with van der Waals surface area (Å²) in [4.78, 5) is 62.6. The number of aryl methyl sites for hydroxylation is 3. The second-order valence-corrected chi connectivity index (χ2v) is 18.0. The van der Waals surface area contributed by atoms with E-state index in [0.29, 0.717) is 34.2 Å². The van der Waals surface area contributed by atoms with E-state index in [9.17, 15) is 19.5 Å². The molecule has 2 aliphatic heterocycles. The standard InChI is InChI=1S/C47H40ClN5O5S/c1-24-20-26(10-18-37(24)54)41-31-16-17-32-40(45(57)52(43(32)55)30-14-12-29(13-15-30)49-28-8-6-5-7-9-28)34(31)22-35-44(56)53(46(58)47(35,41)3)39-23-36(50-51(39)4)42-25(2)33-21-27(48)11-19-38(33)59-42/h5-16,18-21,23,32,34-35,40-41,49,54H,17,22H2,1-4H3/t32-,34+,35-,40-,41-,47+/m0/s1. The van der Waals surface area contributed by atoms with Gasteiger partial charge >= 0.3 is 0 Å². The number of halogens is 1. The van der Waals surface area contributed by atoms with Crippen molar-refractivity contribution in [3.63, 3.8) is 0 Å². The van der Waals surface area contributed by atoms with Gasteiger partial charge in [0.05, 0.1) is 33.7 Å². The third-order valence-corrected chi connectivity index (χ3v) is 14.8. The van der Waals surface area contributed by atoms with Crippen molar-refractivity contribution in [1.29, 1.82) is 0 Å². The van der Waals surface area contributed by atoms with Crippen molar-refractivity contribution in [2.24, 2.45) is 36.1 Å². The summed E-state index contributed by atoms with van der Waals surface area (Å²) in [6, 6.07) is 29.9. The largest absolute Gasteiger partial charge is 0.508 e. The molecular formula is C47H40ClN5O5S. The first-order valence-electron chi connectivity index (χ1n) is 19.8. The molecule has 4 heterocycles. The fourth-order valence-corrected chi connectivity index (χ4v) is 11.6. The first kappa shape index (κ1) is 37.2. The molecule has 2 saturated heterocycles. The number of nitrogens with zero attached hydrogens (tertiary/aromatic N) is 4. The first-order chi connectivity index (χ1) is 28.3. The van der Waals surface area contributed by atoms with Crippen LogP contribution >= 0.6 is 22.9 Å². The van der Waals surface area contributed by atoms with Gasteiger partial charge in [-0.25, -0.2) is 4.90 Å². The SMILES string of the molecule is Cc1cc([C@H]2C3=CC[C@@H]4C(=O)N(c5ccc(Nc6ccccc6)cc5)C(=O)[C@@H]4[C@@H]3C[C@H]3C(=O)N(c4cc(-c5sc6ccc(Cl)cc6c5C)nn4C)C(=O)[C@@]23C)ccc1O. The Morgan fingerprint density at radius 3 is 2.34 bits per heavy atom. The lowest BCUT2D eigenvalue weighted by atomic mass is 9.51. The Kier molecular flexibility index (Phi) is 8.52. The summed E-state index contributed by atoms with van der Waals surface area (Å²) >= 11 is 7.92. The Bertz CT molecular complexity index is 2810. The molecule has 2 aliphatic carbocycles. The number of imide groups is 2. The number of anilines is 4. The summed E-state index contributed by atoms with van der Waals surface area (Å²) in [7, 11) is 1.73. The van der Waals surface area contributed by atoms with Gasteiger partial charge in [0.15, 0.2) is 0 Å². The van der Waals surface area contributed by atoms with E-state index >= 15 is 4.79 Å². The summed E-state index contributed by atoms with van der Waals surface area (Å²) in [6.07, 6.45) is 2.60. The highest BCUT2D eigenvalue weighted by Crippen LogP contribution is 2.64. The highest BCUT2D eigenvalue weighted by atomic mass is 35.5. The summed E-state index contributed by atoms with van der Waals surface area (Å²) in [6.45, 7) is 5.68. The molecule has 10 nitrogen and oxygen atoms in total. The van der Waals surface area contributed by atoms with E-state index in [1.807, 2.05) is 92.7 Å². The summed E-state index contributed by atoms with van der Waals surface area (Å²) in [5.41, 5.74) is 4.92. The maximum Gasteiger partial charge on any atom is 0.242 e. The molecule has 0 radical (unpaired) electrons. The number of allylic oxidation sites excluding steroid dienone is 2. The van der Waals surface area contributed by atoms with Gasteiger partial charge in [-0.3, -0.25) is 28.8 Å². The zero-order valence-electron chi connectivity index (χ0n) is 32.8. The Morgan fingerprint density at radius 2 is 1.59 bits per heavy atom. The first-order valence-corrected chi connectivity index (χ1v) is 21.0. The molecule has 1 saturated carbocycles. The molecule has 59 heavy (non-hydrogen) atoms. The lowest BCUT2D eigenvalue weighted by Gasteiger charge is -2.49. The number of thiophene rings is 1. The number of amides is 4. The molecule has 4 aliphatic rings. The van der Waals surface area contributed by atoms with Crippen LogP contribution in [0, 0.1) is 42.9 Å². The smallest absolute Gasteiger partial charge is 0.242 e. The molecule has 296 valence electrons. The highest BCUT2D eigenvalue weighted by Gasteiger charge is 2.68. The van der Waals surface area contributed by atoms with Crippen molar-refractivity contribution in [1.82, 2.24) is 9.78 Å². The molecule has 10 rings (SSSR count). The van der Waals surface area contributed by atoms with Crippen LogP contribution in [0.4, 0.5) is 22.9 Å². The number of aromatic nitrogens is 2. The maximum atomic E-state index is 15.2. The van der Waals surface area contributed by atoms with E-state index < -0.39 is 35.0 Å². The molecule has 4 amide bonds. The predicted molar refractivity (Wildman–Crippen MR) is 230 cm³/mol. The van der Waals surface area contributed by atoms with Gasteiger partial charge in [-0.1, -0.05) is 53.6 Å². The van der Waals surface area contributed by atoms with Crippen molar-refractivity contribution >= 4 is 79.5 Å². The normalized spacial score (nSPS) is 25.0. The van der Waals surface area contributed by atoms with Crippen LogP contribution in [0.25, 0.3) is 20.7 Å². The predicted octanol–water partition coefficient (Wildman–Crippen LogP) is 9.46. The number of hydrogen-bond acceptors (Lipinski definition) is 8. The van der Waals surface area contributed by atoms with Gasteiger partial charge in [0.25, 0.3) is 0 Å². The third kappa shape index (κ3) is 5.54. The Morgan fingerprint density at radius 1 is 0.847 bits per heavy atom. The molecule has 2 N–H and O–H groups in total. The molecule has 2 aromatic heterocycles. The summed E-state index contributed by atoms with van der Waals surface area (Å²) in [5, 5.41) is 20.4. The van der Waals surface area contributed by atoms with Crippen LogP contribution in [-0.2, 0) is 26.2 Å². The van der Waals surface area contributed by atoms with E-state index in [-0.39, 0.29) is 35.8 Å². The average Bonchev–Trinajstić information content (AvgIpc) is 3.90. The molecule has 6 atom stereocenters. The Balaban J connectivity index is 1.03.